The summed E-state index contributed by atoms with van der Waals surface area (Å²) in [7, 11) is 1.62. The van der Waals surface area contributed by atoms with E-state index in [2.05, 4.69) is 0 Å². The normalized spacial score (nSPS) is 17.1. The van der Waals surface area contributed by atoms with Crippen molar-refractivity contribution in [2.75, 3.05) is 26.1 Å². The number of nitrogen functional groups attached to an aromatic ring is 1. The van der Waals surface area contributed by atoms with Crippen LogP contribution in [-0.4, -0.2) is 26.4 Å². The highest BCUT2D eigenvalue weighted by Crippen LogP contribution is 2.31. The maximum absolute atomic E-state index is 5.87. The summed E-state index contributed by atoms with van der Waals surface area (Å²) in [6.45, 7) is 1.53. The maximum Gasteiger partial charge on any atom is 0.162 e. The van der Waals surface area contributed by atoms with Gasteiger partial charge in [0, 0.05) is 24.6 Å². The van der Waals surface area contributed by atoms with Crippen LogP contribution in [0, 0.1) is 0 Å². The second kappa shape index (κ2) is 5.07. The number of ether oxygens (including phenoxy) is 3. The zero-order valence-electron chi connectivity index (χ0n) is 9.44. The molecule has 0 spiro atoms. The van der Waals surface area contributed by atoms with E-state index in [9.17, 15) is 0 Å². The van der Waals surface area contributed by atoms with Crippen LogP contribution >= 0.6 is 0 Å². The molecule has 2 rings (SSSR count). The number of hydrogen-bond donors (Lipinski definition) is 1. The van der Waals surface area contributed by atoms with E-state index in [1.807, 2.05) is 12.1 Å². The quantitative estimate of drug-likeness (QED) is 0.794. The summed E-state index contributed by atoms with van der Waals surface area (Å²) in [6, 6.07) is 5.44. The van der Waals surface area contributed by atoms with Crippen LogP contribution in [0.3, 0.4) is 0 Å². The van der Waals surface area contributed by atoms with Crippen LogP contribution in [0.15, 0.2) is 18.2 Å². The van der Waals surface area contributed by atoms with Gasteiger partial charge in [-0.1, -0.05) is 0 Å². The van der Waals surface area contributed by atoms with Gasteiger partial charge in [0.1, 0.15) is 6.10 Å². The molecule has 0 saturated carbocycles. The van der Waals surface area contributed by atoms with Crippen LogP contribution in [0.5, 0.6) is 11.5 Å². The summed E-state index contributed by atoms with van der Waals surface area (Å²) in [5.74, 6) is 1.44. The molecule has 0 unspecified atom stereocenters. The molecule has 1 saturated heterocycles. The van der Waals surface area contributed by atoms with Crippen molar-refractivity contribution in [3.05, 3.63) is 18.2 Å². The topological polar surface area (TPSA) is 53.7 Å². The van der Waals surface area contributed by atoms with Crippen LogP contribution in [0.25, 0.3) is 0 Å². The molecule has 0 aromatic heterocycles. The molecule has 1 aromatic carbocycles. The Labute approximate surface area is 95.3 Å². The van der Waals surface area contributed by atoms with Gasteiger partial charge in [-0.15, -0.1) is 0 Å². The Morgan fingerprint density at radius 1 is 1.25 bits per heavy atom. The predicted molar refractivity (Wildman–Crippen MR) is 61.9 cm³/mol. The molecule has 1 aliphatic heterocycles. The molecule has 0 bridgehead atoms. The first-order chi connectivity index (χ1) is 7.79. The second-order valence-electron chi connectivity index (χ2n) is 3.84. The molecule has 88 valence electrons. The van der Waals surface area contributed by atoms with E-state index in [-0.39, 0.29) is 6.10 Å². The maximum atomic E-state index is 5.87. The zero-order valence-corrected chi connectivity index (χ0v) is 9.44. The lowest BCUT2D eigenvalue weighted by atomic mass is 10.1. The minimum Gasteiger partial charge on any atom is -0.493 e. The summed E-state index contributed by atoms with van der Waals surface area (Å²) in [5, 5.41) is 0. The molecule has 1 aromatic rings. The monoisotopic (exact) mass is 223 g/mol. The van der Waals surface area contributed by atoms with E-state index in [1.54, 1.807) is 13.2 Å². The standard InChI is InChI=1S/C12H17NO3/c1-14-12-8-9(13)2-3-11(12)16-10-4-6-15-7-5-10/h2-3,8,10H,4-7,13H2,1H3. The Morgan fingerprint density at radius 2 is 2.00 bits per heavy atom. The molecule has 1 aliphatic rings. The van der Waals surface area contributed by atoms with Gasteiger partial charge < -0.3 is 19.9 Å². The molecular weight excluding hydrogens is 206 g/mol. The summed E-state index contributed by atoms with van der Waals surface area (Å²) in [5.41, 5.74) is 6.36. The largest absolute Gasteiger partial charge is 0.493 e. The third-order valence-corrected chi connectivity index (χ3v) is 2.65. The van der Waals surface area contributed by atoms with E-state index in [0.717, 1.165) is 31.8 Å². The summed E-state index contributed by atoms with van der Waals surface area (Å²) in [6.07, 6.45) is 2.06. The SMILES string of the molecule is COc1cc(N)ccc1OC1CCOCC1. The Kier molecular flexibility index (Phi) is 3.51. The van der Waals surface area contributed by atoms with Gasteiger partial charge in [0.25, 0.3) is 0 Å². The Balaban J connectivity index is 2.07. The fourth-order valence-electron chi connectivity index (χ4n) is 1.75. The zero-order chi connectivity index (χ0) is 11.4. The van der Waals surface area contributed by atoms with Crippen molar-refractivity contribution in [3.8, 4) is 11.5 Å². The Morgan fingerprint density at radius 3 is 2.69 bits per heavy atom. The molecule has 2 N–H and O–H groups in total. The van der Waals surface area contributed by atoms with E-state index in [1.165, 1.54) is 0 Å². The van der Waals surface area contributed by atoms with Gasteiger partial charge in [-0.3, -0.25) is 0 Å². The van der Waals surface area contributed by atoms with Crippen molar-refractivity contribution in [2.45, 2.75) is 18.9 Å². The van der Waals surface area contributed by atoms with Crippen molar-refractivity contribution in [1.82, 2.24) is 0 Å². The minimum atomic E-state index is 0.214. The predicted octanol–water partition coefficient (Wildman–Crippen LogP) is 1.84. The van der Waals surface area contributed by atoms with E-state index in [0.29, 0.717) is 11.4 Å². The van der Waals surface area contributed by atoms with Crippen molar-refractivity contribution in [2.24, 2.45) is 0 Å². The first-order valence-corrected chi connectivity index (χ1v) is 5.47. The molecular formula is C12H17NO3. The number of rotatable bonds is 3. The van der Waals surface area contributed by atoms with Gasteiger partial charge in [0.2, 0.25) is 0 Å². The summed E-state index contributed by atoms with van der Waals surface area (Å²) >= 11 is 0. The smallest absolute Gasteiger partial charge is 0.162 e. The summed E-state index contributed by atoms with van der Waals surface area (Å²) < 4.78 is 16.4. The van der Waals surface area contributed by atoms with Crippen LogP contribution in [0.2, 0.25) is 0 Å². The van der Waals surface area contributed by atoms with E-state index < -0.39 is 0 Å². The van der Waals surface area contributed by atoms with Gasteiger partial charge in [0.15, 0.2) is 11.5 Å². The third-order valence-electron chi connectivity index (χ3n) is 2.65. The molecule has 1 heterocycles. The number of benzene rings is 1. The third kappa shape index (κ3) is 2.58. The number of methoxy groups -OCH3 is 1. The van der Waals surface area contributed by atoms with Crippen molar-refractivity contribution in [1.29, 1.82) is 0 Å². The van der Waals surface area contributed by atoms with Crippen LogP contribution in [0.4, 0.5) is 5.69 Å². The lowest BCUT2D eigenvalue weighted by molar-refractivity contribution is 0.0245. The highest BCUT2D eigenvalue weighted by Gasteiger charge is 2.17. The minimum absolute atomic E-state index is 0.214. The molecule has 0 aliphatic carbocycles. The molecule has 0 radical (unpaired) electrons. The number of hydrogen-bond acceptors (Lipinski definition) is 4. The van der Waals surface area contributed by atoms with Crippen molar-refractivity contribution in [3.63, 3.8) is 0 Å². The molecule has 0 amide bonds. The number of nitrogens with two attached hydrogens (primary N) is 1. The molecule has 0 atom stereocenters. The number of anilines is 1. The van der Waals surface area contributed by atoms with Gasteiger partial charge in [-0.25, -0.2) is 0 Å². The molecule has 4 heteroatoms. The average Bonchev–Trinajstić information content (AvgIpc) is 2.33. The molecule has 1 fully saturated rings. The van der Waals surface area contributed by atoms with Crippen molar-refractivity contribution >= 4 is 5.69 Å². The van der Waals surface area contributed by atoms with Crippen LogP contribution < -0.4 is 15.2 Å². The first-order valence-electron chi connectivity index (χ1n) is 5.47. The van der Waals surface area contributed by atoms with Crippen molar-refractivity contribution < 1.29 is 14.2 Å². The molecule has 16 heavy (non-hydrogen) atoms. The van der Waals surface area contributed by atoms with Gasteiger partial charge in [-0.05, 0) is 12.1 Å². The average molecular weight is 223 g/mol. The van der Waals surface area contributed by atoms with Crippen LogP contribution in [-0.2, 0) is 4.74 Å². The van der Waals surface area contributed by atoms with Gasteiger partial charge in [-0.2, -0.15) is 0 Å². The molecule has 4 nitrogen and oxygen atoms in total. The van der Waals surface area contributed by atoms with Crippen LogP contribution in [0.1, 0.15) is 12.8 Å². The lowest BCUT2D eigenvalue weighted by Crippen LogP contribution is -2.26. The highest BCUT2D eigenvalue weighted by atomic mass is 16.5. The summed E-state index contributed by atoms with van der Waals surface area (Å²) in [4.78, 5) is 0. The fraction of sp³-hybridized carbons (Fsp3) is 0.500. The lowest BCUT2D eigenvalue weighted by Gasteiger charge is -2.24. The Bertz CT molecular complexity index is 348. The highest BCUT2D eigenvalue weighted by molar-refractivity contribution is 5.51. The van der Waals surface area contributed by atoms with E-state index >= 15 is 0 Å². The fourth-order valence-corrected chi connectivity index (χ4v) is 1.75. The Hall–Kier alpha value is -1.42. The van der Waals surface area contributed by atoms with Gasteiger partial charge in [0.05, 0.1) is 20.3 Å². The van der Waals surface area contributed by atoms with Gasteiger partial charge >= 0.3 is 0 Å². The second-order valence-corrected chi connectivity index (χ2v) is 3.84. The first kappa shape index (κ1) is 11.1. The van der Waals surface area contributed by atoms with E-state index in [4.69, 9.17) is 19.9 Å².